The Hall–Kier alpha value is -1.95. The number of nitrogens with zero attached hydrogens (tertiary/aromatic N) is 1. The Bertz CT molecular complexity index is 685. The number of amides is 2. The maximum absolute atomic E-state index is 12.5. The molecule has 7 heteroatoms. The highest BCUT2D eigenvalue weighted by Gasteiger charge is 2.30. The maximum Gasteiger partial charge on any atom is 0.227 e. The van der Waals surface area contributed by atoms with Crippen LogP contribution in [-0.4, -0.2) is 55.9 Å². The number of methoxy groups -OCH3 is 2. The number of carbonyl (C=O) groups is 2. The van der Waals surface area contributed by atoms with E-state index in [0.717, 1.165) is 18.4 Å². The quantitative estimate of drug-likeness (QED) is 0.669. The first-order chi connectivity index (χ1) is 13.3. The predicted molar refractivity (Wildman–Crippen MR) is 110 cm³/mol. The van der Waals surface area contributed by atoms with E-state index in [-0.39, 0.29) is 23.7 Å². The van der Waals surface area contributed by atoms with Crippen molar-refractivity contribution in [1.29, 1.82) is 0 Å². The van der Waals surface area contributed by atoms with E-state index in [0.29, 0.717) is 37.4 Å². The monoisotopic (exact) mass is 410 g/mol. The van der Waals surface area contributed by atoms with Crippen molar-refractivity contribution in [2.24, 2.45) is 5.41 Å². The lowest BCUT2D eigenvalue weighted by molar-refractivity contribution is -0.132. The van der Waals surface area contributed by atoms with Gasteiger partial charge in [-0.25, -0.2) is 0 Å². The Morgan fingerprint density at radius 1 is 1.18 bits per heavy atom. The van der Waals surface area contributed by atoms with Crippen molar-refractivity contribution in [3.8, 4) is 11.5 Å². The summed E-state index contributed by atoms with van der Waals surface area (Å²) < 4.78 is 10.6. The molecule has 0 unspecified atom stereocenters. The molecule has 1 saturated heterocycles. The normalized spacial score (nSPS) is 15.2. The first-order valence-corrected chi connectivity index (χ1v) is 10.2. The van der Waals surface area contributed by atoms with Crippen LogP contribution in [0.1, 0.15) is 38.7 Å². The van der Waals surface area contributed by atoms with E-state index in [9.17, 15) is 9.59 Å². The molecule has 1 aliphatic rings. The number of benzene rings is 1. The van der Waals surface area contributed by atoms with E-state index in [2.05, 4.69) is 5.32 Å². The number of aryl methyl sites for hydroxylation is 1. The Morgan fingerprint density at radius 2 is 1.82 bits per heavy atom. The van der Waals surface area contributed by atoms with Crippen LogP contribution in [0.15, 0.2) is 18.2 Å². The minimum Gasteiger partial charge on any atom is -0.493 e. The second-order valence-electron chi connectivity index (χ2n) is 7.84. The van der Waals surface area contributed by atoms with E-state index < -0.39 is 5.41 Å². The molecule has 1 fully saturated rings. The maximum atomic E-state index is 12.5. The number of carbonyl (C=O) groups excluding carboxylic acids is 2. The zero-order chi connectivity index (χ0) is 20.7. The van der Waals surface area contributed by atoms with Gasteiger partial charge in [0.05, 0.1) is 19.6 Å². The van der Waals surface area contributed by atoms with E-state index in [1.54, 1.807) is 14.2 Å². The largest absolute Gasteiger partial charge is 0.493 e. The zero-order valence-electron chi connectivity index (χ0n) is 17.2. The molecule has 1 N–H and O–H groups in total. The topological polar surface area (TPSA) is 67.9 Å². The third kappa shape index (κ3) is 5.77. The van der Waals surface area contributed by atoms with Crippen LogP contribution in [-0.2, 0) is 16.0 Å². The average molecular weight is 411 g/mol. The number of likely N-dealkylation sites (tertiary alicyclic amines) is 1. The van der Waals surface area contributed by atoms with Gasteiger partial charge in [0.2, 0.25) is 11.8 Å². The molecule has 156 valence electrons. The summed E-state index contributed by atoms with van der Waals surface area (Å²) in [5.41, 5.74) is 0.463. The lowest BCUT2D eigenvalue weighted by Gasteiger charge is -2.34. The first-order valence-electron chi connectivity index (χ1n) is 9.66. The first kappa shape index (κ1) is 22.3. The Labute approximate surface area is 172 Å². The zero-order valence-corrected chi connectivity index (χ0v) is 18.0. The van der Waals surface area contributed by atoms with Gasteiger partial charge >= 0.3 is 0 Å². The van der Waals surface area contributed by atoms with Crippen LogP contribution in [0.4, 0.5) is 0 Å². The fourth-order valence-corrected chi connectivity index (χ4v) is 3.28. The summed E-state index contributed by atoms with van der Waals surface area (Å²) in [6, 6.07) is 5.82. The molecule has 6 nitrogen and oxygen atoms in total. The van der Waals surface area contributed by atoms with Crippen LogP contribution in [0.3, 0.4) is 0 Å². The summed E-state index contributed by atoms with van der Waals surface area (Å²) in [6.45, 7) is 5.00. The van der Waals surface area contributed by atoms with Gasteiger partial charge in [-0.1, -0.05) is 6.07 Å². The Morgan fingerprint density at radius 3 is 2.39 bits per heavy atom. The number of rotatable bonds is 8. The molecule has 1 aromatic carbocycles. The second kappa shape index (κ2) is 10.0. The molecule has 0 aliphatic carbocycles. The second-order valence-corrected chi connectivity index (χ2v) is 8.10. The van der Waals surface area contributed by atoms with Crippen LogP contribution in [0.2, 0.25) is 0 Å². The molecule has 0 spiro atoms. The standard InChI is InChI=1S/C21H31ClN2O4/c1-21(2,14-22)20(26)23-16-9-11-24(12-10-16)19(25)8-6-15-5-7-17(27-3)18(13-15)28-4/h5,7,13,16H,6,8-12,14H2,1-4H3,(H,23,26). The van der Waals surface area contributed by atoms with Crippen LogP contribution in [0.5, 0.6) is 11.5 Å². The van der Waals surface area contributed by atoms with Crippen molar-refractivity contribution in [1.82, 2.24) is 10.2 Å². The third-order valence-electron chi connectivity index (χ3n) is 5.21. The lowest BCUT2D eigenvalue weighted by atomic mass is 9.93. The molecule has 0 atom stereocenters. The highest BCUT2D eigenvalue weighted by molar-refractivity contribution is 6.19. The van der Waals surface area contributed by atoms with Crippen molar-refractivity contribution in [3.05, 3.63) is 23.8 Å². The van der Waals surface area contributed by atoms with E-state index >= 15 is 0 Å². The number of hydrogen-bond acceptors (Lipinski definition) is 4. The molecule has 0 bridgehead atoms. The van der Waals surface area contributed by atoms with Gasteiger partial charge in [-0.15, -0.1) is 11.6 Å². The highest BCUT2D eigenvalue weighted by Crippen LogP contribution is 2.28. The summed E-state index contributed by atoms with van der Waals surface area (Å²) in [5.74, 6) is 1.75. The number of piperidine rings is 1. The van der Waals surface area contributed by atoms with E-state index in [4.69, 9.17) is 21.1 Å². The summed E-state index contributed by atoms with van der Waals surface area (Å²) in [4.78, 5) is 26.7. The van der Waals surface area contributed by atoms with Gasteiger partial charge in [-0.3, -0.25) is 9.59 Å². The van der Waals surface area contributed by atoms with Gasteiger partial charge in [0.15, 0.2) is 11.5 Å². The molecule has 28 heavy (non-hydrogen) atoms. The SMILES string of the molecule is COc1ccc(CCC(=O)N2CCC(NC(=O)C(C)(C)CCl)CC2)cc1OC. The molecule has 0 radical (unpaired) electrons. The third-order valence-corrected chi connectivity index (χ3v) is 5.88. The molecule has 1 aromatic rings. The lowest BCUT2D eigenvalue weighted by Crippen LogP contribution is -2.49. The van der Waals surface area contributed by atoms with Gasteiger partial charge in [0.1, 0.15) is 0 Å². The number of nitrogens with one attached hydrogen (secondary N) is 1. The van der Waals surface area contributed by atoms with Crippen molar-refractivity contribution in [2.45, 2.75) is 45.6 Å². The molecular weight excluding hydrogens is 380 g/mol. The van der Waals surface area contributed by atoms with Gasteiger partial charge in [-0.05, 0) is 50.8 Å². The minimum absolute atomic E-state index is 0.0271. The summed E-state index contributed by atoms with van der Waals surface area (Å²) in [5, 5.41) is 3.06. The van der Waals surface area contributed by atoms with Crippen LogP contribution < -0.4 is 14.8 Å². The van der Waals surface area contributed by atoms with Gasteiger partial charge in [0, 0.05) is 31.4 Å². The van der Waals surface area contributed by atoms with E-state index in [1.807, 2.05) is 36.9 Å². The van der Waals surface area contributed by atoms with Gasteiger partial charge in [0.25, 0.3) is 0 Å². The average Bonchev–Trinajstić information content (AvgIpc) is 2.72. The summed E-state index contributed by atoms with van der Waals surface area (Å²) in [7, 11) is 3.20. The fraction of sp³-hybridized carbons (Fsp3) is 0.619. The molecule has 0 saturated carbocycles. The Balaban J connectivity index is 1.80. The molecule has 1 heterocycles. The molecule has 2 amide bonds. The summed E-state index contributed by atoms with van der Waals surface area (Å²) >= 11 is 5.86. The summed E-state index contributed by atoms with van der Waals surface area (Å²) in [6.07, 6.45) is 2.64. The minimum atomic E-state index is -0.575. The number of ether oxygens (including phenoxy) is 2. The number of hydrogen-bond donors (Lipinski definition) is 1. The van der Waals surface area contributed by atoms with Crippen LogP contribution in [0, 0.1) is 5.41 Å². The fourth-order valence-electron chi connectivity index (χ4n) is 3.16. The smallest absolute Gasteiger partial charge is 0.227 e. The highest BCUT2D eigenvalue weighted by atomic mass is 35.5. The van der Waals surface area contributed by atoms with Gasteiger partial charge in [-0.2, -0.15) is 0 Å². The molecule has 2 rings (SSSR count). The van der Waals surface area contributed by atoms with Crippen molar-refractivity contribution in [3.63, 3.8) is 0 Å². The Kier molecular flexibility index (Phi) is 7.98. The van der Waals surface area contributed by atoms with Crippen molar-refractivity contribution >= 4 is 23.4 Å². The van der Waals surface area contributed by atoms with E-state index in [1.165, 1.54) is 0 Å². The molecular formula is C21H31ClN2O4. The van der Waals surface area contributed by atoms with Gasteiger partial charge < -0.3 is 19.7 Å². The van der Waals surface area contributed by atoms with Crippen molar-refractivity contribution in [2.75, 3.05) is 33.2 Å². The van der Waals surface area contributed by atoms with Crippen LogP contribution in [0.25, 0.3) is 0 Å². The number of halogens is 1. The van der Waals surface area contributed by atoms with Crippen LogP contribution >= 0.6 is 11.6 Å². The van der Waals surface area contributed by atoms with Crippen molar-refractivity contribution < 1.29 is 19.1 Å². The predicted octanol–water partition coefficient (Wildman–Crippen LogP) is 3.01. The molecule has 1 aliphatic heterocycles. The number of alkyl halides is 1. The molecule has 0 aromatic heterocycles.